The molecule has 1 atom stereocenters. The molecule has 0 spiro atoms. The molecule has 1 aromatic carbocycles. The van der Waals surface area contributed by atoms with Gasteiger partial charge in [-0.2, -0.15) is 0 Å². The summed E-state index contributed by atoms with van der Waals surface area (Å²) in [5, 5.41) is 3.09. The summed E-state index contributed by atoms with van der Waals surface area (Å²) >= 11 is 3.35. The van der Waals surface area contributed by atoms with Crippen LogP contribution < -0.4 is 15.0 Å². The number of amides is 1. The van der Waals surface area contributed by atoms with Crippen molar-refractivity contribution < 1.29 is 9.53 Å². The van der Waals surface area contributed by atoms with Crippen molar-refractivity contribution in [2.24, 2.45) is 0 Å². The van der Waals surface area contributed by atoms with Crippen LogP contribution in [0.2, 0.25) is 0 Å². The predicted molar refractivity (Wildman–Crippen MR) is 70.6 cm³/mol. The summed E-state index contributed by atoms with van der Waals surface area (Å²) in [6.45, 7) is 2.54. The lowest BCUT2D eigenvalue weighted by Gasteiger charge is -2.32. The fourth-order valence-corrected chi connectivity index (χ4v) is 2.41. The molecular formula is C12H15BrN2O2. The number of nitrogens with zero attached hydrogens (tertiary/aromatic N) is 1. The van der Waals surface area contributed by atoms with E-state index in [-0.39, 0.29) is 5.91 Å². The first-order valence-corrected chi connectivity index (χ1v) is 6.61. The van der Waals surface area contributed by atoms with E-state index in [9.17, 15) is 4.79 Å². The summed E-state index contributed by atoms with van der Waals surface area (Å²) in [6.07, 6.45) is -0.421. The molecule has 0 aliphatic carbocycles. The molecule has 5 heteroatoms. The summed E-state index contributed by atoms with van der Waals surface area (Å²) < 4.78 is 5.58. The van der Waals surface area contributed by atoms with E-state index in [0.29, 0.717) is 5.45 Å². The molecule has 92 valence electrons. The van der Waals surface area contributed by atoms with Gasteiger partial charge in [-0.3, -0.25) is 9.69 Å². The van der Waals surface area contributed by atoms with Gasteiger partial charge in [0.25, 0.3) is 5.91 Å². The largest absolute Gasteiger partial charge is 0.479 e. The minimum absolute atomic E-state index is 0.0176. The Hall–Kier alpha value is -1.07. The minimum atomic E-state index is -0.421. The number of hydrogen-bond donors (Lipinski definition) is 1. The number of ether oxygens (including phenoxy) is 1. The Morgan fingerprint density at radius 1 is 1.53 bits per heavy atom. The van der Waals surface area contributed by atoms with Crippen molar-refractivity contribution in [2.45, 2.75) is 19.6 Å². The third-order valence-corrected chi connectivity index (χ3v) is 3.23. The first-order chi connectivity index (χ1) is 8.17. The fourth-order valence-electron chi connectivity index (χ4n) is 1.89. The molecule has 0 saturated carbocycles. The van der Waals surface area contributed by atoms with Gasteiger partial charge in [0.1, 0.15) is 5.75 Å². The Labute approximate surface area is 109 Å². The minimum Gasteiger partial charge on any atom is -0.479 e. The van der Waals surface area contributed by atoms with Crippen LogP contribution in [0.15, 0.2) is 18.2 Å². The summed E-state index contributed by atoms with van der Waals surface area (Å²) in [7, 11) is 1.89. The second kappa shape index (κ2) is 5.06. The van der Waals surface area contributed by atoms with Gasteiger partial charge >= 0.3 is 0 Å². The highest BCUT2D eigenvalue weighted by atomic mass is 79.9. The first-order valence-electron chi connectivity index (χ1n) is 5.49. The zero-order valence-corrected chi connectivity index (χ0v) is 11.5. The summed E-state index contributed by atoms with van der Waals surface area (Å²) in [5.41, 5.74) is 2.44. The van der Waals surface area contributed by atoms with Crippen LogP contribution in [0.3, 0.4) is 0 Å². The van der Waals surface area contributed by atoms with Crippen molar-refractivity contribution in [3.63, 3.8) is 0 Å². The molecule has 1 heterocycles. The number of anilines is 1. The van der Waals surface area contributed by atoms with E-state index in [1.54, 1.807) is 11.8 Å². The van der Waals surface area contributed by atoms with E-state index >= 15 is 0 Å². The van der Waals surface area contributed by atoms with Gasteiger partial charge in [0.05, 0.1) is 11.1 Å². The Bertz CT molecular complexity index is 437. The van der Waals surface area contributed by atoms with Crippen LogP contribution in [0.25, 0.3) is 0 Å². The fraction of sp³-hybridized carbons (Fsp3) is 0.417. The third kappa shape index (κ3) is 2.30. The lowest BCUT2D eigenvalue weighted by Crippen LogP contribution is -2.43. The van der Waals surface area contributed by atoms with Crippen molar-refractivity contribution in [2.75, 3.05) is 17.4 Å². The van der Waals surface area contributed by atoms with Crippen molar-refractivity contribution in [1.82, 2.24) is 5.32 Å². The number of nitrogens with one attached hydrogen (secondary N) is 1. The lowest BCUT2D eigenvalue weighted by atomic mass is 10.1. The number of fused-ring (bicyclic) bond motifs is 1. The number of carbonyl (C=O) groups excluding carboxylic acids is 1. The van der Waals surface area contributed by atoms with Crippen molar-refractivity contribution >= 4 is 27.5 Å². The number of carbonyl (C=O) groups is 1. The molecule has 1 N–H and O–H groups in total. The van der Waals surface area contributed by atoms with Crippen LogP contribution in [0.5, 0.6) is 5.75 Å². The molecule has 1 aromatic rings. The number of hydrogen-bond acceptors (Lipinski definition) is 3. The molecule has 4 nitrogen and oxygen atoms in total. The van der Waals surface area contributed by atoms with Gasteiger partial charge in [-0.1, -0.05) is 22.0 Å². The lowest BCUT2D eigenvalue weighted by molar-refractivity contribution is -0.125. The van der Waals surface area contributed by atoms with Gasteiger partial charge < -0.3 is 10.1 Å². The van der Waals surface area contributed by atoms with Gasteiger partial charge in [-0.05, 0) is 31.7 Å². The molecule has 0 bridgehead atoms. The highest BCUT2D eigenvalue weighted by molar-refractivity contribution is 9.09. The van der Waals surface area contributed by atoms with E-state index in [4.69, 9.17) is 4.74 Å². The Morgan fingerprint density at radius 3 is 2.94 bits per heavy atom. The molecule has 0 aromatic heterocycles. The van der Waals surface area contributed by atoms with Gasteiger partial charge in [0, 0.05) is 6.54 Å². The smallest absolute Gasteiger partial charge is 0.268 e. The van der Waals surface area contributed by atoms with Crippen LogP contribution >= 0.6 is 15.9 Å². The summed E-state index contributed by atoms with van der Waals surface area (Å²) in [5.74, 6) is 0.743. The third-order valence-electron chi connectivity index (χ3n) is 2.73. The molecule has 0 radical (unpaired) electrons. The van der Waals surface area contributed by atoms with E-state index in [1.165, 1.54) is 0 Å². The van der Waals surface area contributed by atoms with E-state index in [2.05, 4.69) is 21.2 Å². The first kappa shape index (κ1) is 12.4. The maximum atomic E-state index is 11.9. The van der Waals surface area contributed by atoms with Crippen LogP contribution in [-0.4, -0.2) is 24.5 Å². The van der Waals surface area contributed by atoms with Gasteiger partial charge in [0.15, 0.2) is 6.10 Å². The molecule has 1 amide bonds. The molecule has 1 aliphatic rings. The van der Waals surface area contributed by atoms with Crippen molar-refractivity contribution in [3.05, 3.63) is 23.8 Å². The Balaban J connectivity index is 2.41. The molecule has 0 saturated heterocycles. The van der Waals surface area contributed by atoms with Crippen LogP contribution in [0, 0.1) is 0 Å². The van der Waals surface area contributed by atoms with Gasteiger partial charge in [-0.15, -0.1) is 0 Å². The van der Waals surface area contributed by atoms with E-state index in [1.807, 2.05) is 25.2 Å². The standard InChI is InChI=1S/C12H15BrN2O2/c1-8-12(16)15(7-13)10-5-9(6-14-2)3-4-11(10)17-8/h3-5,8,14H,6-7H2,1-2H3. The molecule has 2 rings (SSSR count). The number of rotatable bonds is 3. The topological polar surface area (TPSA) is 41.6 Å². The number of benzene rings is 1. The van der Waals surface area contributed by atoms with Crippen molar-refractivity contribution in [1.29, 1.82) is 0 Å². The zero-order chi connectivity index (χ0) is 12.4. The molecule has 1 unspecified atom stereocenters. The van der Waals surface area contributed by atoms with Crippen LogP contribution in [0.1, 0.15) is 12.5 Å². The second-order valence-electron chi connectivity index (χ2n) is 3.98. The van der Waals surface area contributed by atoms with Crippen LogP contribution in [0.4, 0.5) is 5.69 Å². The molecule has 17 heavy (non-hydrogen) atoms. The van der Waals surface area contributed by atoms with Crippen LogP contribution in [-0.2, 0) is 11.3 Å². The molecular weight excluding hydrogens is 284 g/mol. The second-order valence-corrected chi connectivity index (χ2v) is 4.48. The predicted octanol–water partition coefficient (Wildman–Crippen LogP) is 1.87. The normalized spacial score (nSPS) is 18.9. The molecule has 0 fully saturated rings. The summed E-state index contributed by atoms with van der Waals surface area (Å²) in [6, 6.07) is 5.90. The number of alkyl halides is 1. The van der Waals surface area contributed by atoms with Crippen molar-refractivity contribution in [3.8, 4) is 5.75 Å². The highest BCUT2D eigenvalue weighted by Crippen LogP contribution is 2.35. The summed E-state index contributed by atoms with van der Waals surface area (Å²) in [4.78, 5) is 13.6. The van der Waals surface area contributed by atoms with Gasteiger partial charge in [-0.25, -0.2) is 0 Å². The average molecular weight is 299 g/mol. The van der Waals surface area contributed by atoms with Gasteiger partial charge in [0.2, 0.25) is 0 Å². The maximum absolute atomic E-state index is 11.9. The zero-order valence-electron chi connectivity index (χ0n) is 9.87. The maximum Gasteiger partial charge on any atom is 0.268 e. The van der Waals surface area contributed by atoms with E-state index < -0.39 is 6.10 Å². The number of halogens is 1. The SMILES string of the molecule is CNCc1ccc2c(c1)N(CBr)C(=O)C(C)O2. The Kier molecular flexibility index (Phi) is 3.69. The molecule has 1 aliphatic heterocycles. The monoisotopic (exact) mass is 298 g/mol. The average Bonchev–Trinajstić information content (AvgIpc) is 2.32. The quantitative estimate of drug-likeness (QED) is 0.684. The Morgan fingerprint density at radius 2 is 2.29 bits per heavy atom. The highest BCUT2D eigenvalue weighted by Gasteiger charge is 2.30. The van der Waals surface area contributed by atoms with E-state index in [0.717, 1.165) is 23.5 Å².